The smallest absolute Gasteiger partial charge is 0.190 e. The van der Waals surface area contributed by atoms with Crippen LogP contribution in [0.15, 0.2) is 4.99 Å². The summed E-state index contributed by atoms with van der Waals surface area (Å²) < 4.78 is 5.84. The van der Waals surface area contributed by atoms with E-state index in [-0.39, 0.29) is 5.41 Å². The fourth-order valence-corrected chi connectivity index (χ4v) is 2.06. The summed E-state index contributed by atoms with van der Waals surface area (Å²) in [5.41, 5.74) is 0.146. The van der Waals surface area contributed by atoms with Gasteiger partial charge in [0.25, 0.3) is 0 Å². The summed E-state index contributed by atoms with van der Waals surface area (Å²) in [5.74, 6) is 0.837. The molecule has 94 valence electrons. The van der Waals surface area contributed by atoms with Gasteiger partial charge in [0.15, 0.2) is 5.96 Å². The topological polar surface area (TPSA) is 45.7 Å². The minimum absolute atomic E-state index is 0.146. The van der Waals surface area contributed by atoms with Crippen molar-refractivity contribution in [3.8, 4) is 0 Å². The molecule has 0 saturated carbocycles. The Morgan fingerprint density at radius 2 is 2.19 bits per heavy atom. The van der Waals surface area contributed by atoms with Crippen molar-refractivity contribution >= 4 is 5.96 Å². The fourth-order valence-electron chi connectivity index (χ4n) is 2.06. The maximum Gasteiger partial charge on any atom is 0.190 e. The zero-order chi connectivity index (χ0) is 12.0. The van der Waals surface area contributed by atoms with E-state index in [1.807, 2.05) is 7.05 Å². The quantitative estimate of drug-likeness (QED) is 0.565. The summed E-state index contributed by atoms with van der Waals surface area (Å²) in [5, 5.41) is 6.34. The molecule has 0 aliphatic carbocycles. The average Bonchev–Trinajstić information content (AvgIpc) is 2.31. The summed E-state index contributed by atoms with van der Waals surface area (Å²) in [6.45, 7) is 6.29. The van der Waals surface area contributed by atoms with Gasteiger partial charge < -0.3 is 15.4 Å². The molecule has 0 unspecified atom stereocenters. The molecule has 4 nitrogen and oxygen atoms in total. The summed E-state index contributed by atoms with van der Waals surface area (Å²) >= 11 is 0. The molecule has 1 rings (SSSR count). The molecule has 2 N–H and O–H groups in total. The Hall–Kier alpha value is -0.770. The van der Waals surface area contributed by atoms with Crippen molar-refractivity contribution in [2.45, 2.75) is 39.2 Å². The van der Waals surface area contributed by atoms with Crippen molar-refractivity contribution in [1.29, 1.82) is 0 Å². The lowest BCUT2D eigenvalue weighted by Crippen LogP contribution is -2.46. The molecular formula is C12H25N3O. The molecule has 1 fully saturated rings. The molecule has 0 aromatic heterocycles. The van der Waals surface area contributed by atoms with E-state index in [2.05, 4.69) is 29.5 Å². The van der Waals surface area contributed by atoms with E-state index >= 15 is 0 Å². The van der Waals surface area contributed by atoms with Crippen molar-refractivity contribution in [3.05, 3.63) is 0 Å². The lowest BCUT2D eigenvalue weighted by atomic mass is 9.82. The monoisotopic (exact) mass is 227 g/mol. The van der Waals surface area contributed by atoms with Crippen LogP contribution in [0.1, 0.15) is 33.1 Å². The minimum Gasteiger partial charge on any atom is -0.378 e. The van der Waals surface area contributed by atoms with Crippen LogP contribution in [0.25, 0.3) is 0 Å². The van der Waals surface area contributed by atoms with Gasteiger partial charge in [-0.2, -0.15) is 0 Å². The van der Waals surface area contributed by atoms with Crippen LogP contribution in [0.3, 0.4) is 0 Å². The number of aliphatic imine (C=N–C) groups is 1. The third kappa shape index (κ3) is 3.67. The number of hydrogen-bond donors (Lipinski definition) is 2. The highest BCUT2D eigenvalue weighted by Gasteiger charge is 2.31. The zero-order valence-electron chi connectivity index (χ0n) is 11.0. The Morgan fingerprint density at radius 1 is 1.44 bits per heavy atom. The van der Waals surface area contributed by atoms with Crippen LogP contribution in [0.5, 0.6) is 0 Å². The van der Waals surface area contributed by atoms with Gasteiger partial charge in [0, 0.05) is 32.7 Å². The van der Waals surface area contributed by atoms with Crippen LogP contribution >= 0.6 is 0 Å². The van der Waals surface area contributed by atoms with E-state index in [1.165, 1.54) is 19.3 Å². The Morgan fingerprint density at radius 3 is 2.69 bits per heavy atom. The van der Waals surface area contributed by atoms with Crippen LogP contribution in [-0.4, -0.2) is 39.3 Å². The molecule has 1 saturated heterocycles. The predicted octanol–water partition coefficient (Wildman–Crippen LogP) is 1.38. The van der Waals surface area contributed by atoms with Crippen LogP contribution in [0, 0.1) is 5.41 Å². The number of nitrogens with one attached hydrogen (secondary N) is 2. The summed E-state index contributed by atoms with van der Waals surface area (Å²) in [4.78, 5) is 4.11. The van der Waals surface area contributed by atoms with Gasteiger partial charge in [-0.25, -0.2) is 0 Å². The highest BCUT2D eigenvalue weighted by molar-refractivity contribution is 5.79. The van der Waals surface area contributed by atoms with E-state index in [1.54, 1.807) is 7.05 Å². The molecule has 0 radical (unpaired) electrons. The molecular weight excluding hydrogens is 202 g/mol. The molecule has 0 spiro atoms. The van der Waals surface area contributed by atoms with Gasteiger partial charge in [-0.1, -0.05) is 13.8 Å². The summed E-state index contributed by atoms with van der Waals surface area (Å²) in [6, 6.07) is 0. The standard InChI is InChI=1S/C12H25N3O/c1-12(2,9-15-11(13-3)14-4)10-7-5-6-8-16-10/h10H,5-9H2,1-4H3,(H2,13,14,15)/t10-/m0/s1. The molecule has 0 aromatic carbocycles. The molecule has 0 aromatic rings. The maximum absolute atomic E-state index is 5.84. The van der Waals surface area contributed by atoms with Gasteiger partial charge in [-0.15, -0.1) is 0 Å². The van der Waals surface area contributed by atoms with Gasteiger partial charge in [-0.3, -0.25) is 4.99 Å². The van der Waals surface area contributed by atoms with Crippen molar-refractivity contribution in [2.75, 3.05) is 27.2 Å². The minimum atomic E-state index is 0.146. The average molecular weight is 227 g/mol. The predicted molar refractivity (Wildman–Crippen MR) is 67.8 cm³/mol. The van der Waals surface area contributed by atoms with Gasteiger partial charge in [-0.05, 0) is 19.3 Å². The second-order valence-corrected chi connectivity index (χ2v) is 5.02. The third-order valence-corrected chi connectivity index (χ3v) is 3.22. The van der Waals surface area contributed by atoms with Gasteiger partial charge in [0.05, 0.1) is 6.10 Å². The molecule has 1 atom stereocenters. The van der Waals surface area contributed by atoms with Crippen LogP contribution in [-0.2, 0) is 4.74 Å². The Labute approximate surface area is 98.9 Å². The molecule has 1 heterocycles. The van der Waals surface area contributed by atoms with Crippen molar-refractivity contribution in [3.63, 3.8) is 0 Å². The van der Waals surface area contributed by atoms with Crippen molar-refractivity contribution in [1.82, 2.24) is 10.6 Å². The van der Waals surface area contributed by atoms with Crippen LogP contribution in [0.4, 0.5) is 0 Å². The Bertz CT molecular complexity index is 232. The summed E-state index contributed by atoms with van der Waals surface area (Å²) in [7, 11) is 3.66. The van der Waals surface area contributed by atoms with Crippen molar-refractivity contribution < 1.29 is 4.74 Å². The number of rotatable bonds is 3. The van der Waals surface area contributed by atoms with Gasteiger partial charge >= 0.3 is 0 Å². The molecule has 1 aliphatic heterocycles. The number of nitrogens with zero attached hydrogens (tertiary/aromatic N) is 1. The molecule has 1 aliphatic rings. The maximum atomic E-state index is 5.84. The van der Waals surface area contributed by atoms with Crippen LogP contribution < -0.4 is 10.6 Å². The first-order valence-electron chi connectivity index (χ1n) is 6.10. The number of hydrogen-bond acceptors (Lipinski definition) is 2. The van der Waals surface area contributed by atoms with E-state index in [9.17, 15) is 0 Å². The van der Waals surface area contributed by atoms with E-state index in [0.29, 0.717) is 6.10 Å². The largest absolute Gasteiger partial charge is 0.378 e. The summed E-state index contributed by atoms with van der Waals surface area (Å²) in [6.07, 6.45) is 4.03. The SMILES string of the molecule is CN=C(NC)NCC(C)(C)[C@@H]1CCCCO1. The lowest BCUT2D eigenvalue weighted by Gasteiger charge is -2.37. The molecule has 0 bridgehead atoms. The third-order valence-electron chi connectivity index (χ3n) is 3.22. The van der Waals surface area contributed by atoms with E-state index < -0.39 is 0 Å². The second kappa shape index (κ2) is 6.09. The van der Waals surface area contributed by atoms with E-state index in [0.717, 1.165) is 19.1 Å². The first-order valence-corrected chi connectivity index (χ1v) is 6.10. The van der Waals surface area contributed by atoms with Crippen LogP contribution in [0.2, 0.25) is 0 Å². The number of guanidine groups is 1. The zero-order valence-corrected chi connectivity index (χ0v) is 11.0. The Kier molecular flexibility index (Phi) is 5.06. The van der Waals surface area contributed by atoms with E-state index in [4.69, 9.17) is 4.74 Å². The van der Waals surface area contributed by atoms with Crippen molar-refractivity contribution in [2.24, 2.45) is 10.4 Å². The normalized spacial score (nSPS) is 23.0. The lowest BCUT2D eigenvalue weighted by molar-refractivity contribution is -0.0524. The molecule has 0 amide bonds. The van der Waals surface area contributed by atoms with Gasteiger partial charge in [0.1, 0.15) is 0 Å². The highest BCUT2D eigenvalue weighted by Crippen LogP contribution is 2.29. The second-order valence-electron chi connectivity index (χ2n) is 5.02. The first kappa shape index (κ1) is 13.3. The fraction of sp³-hybridized carbons (Fsp3) is 0.917. The highest BCUT2D eigenvalue weighted by atomic mass is 16.5. The molecule has 16 heavy (non-hydrogen) atoms. The van der Waals surface area contributed by atoms with Gasteiger partial charge in [0.2, 0.25) is 0 Å². The molecule has 4 heteroatoms. The first-order chi connectivity index (χ1) is 7.60. The Balaban J connectivity index is 2.43. The number of ether oxygens (including phenoxy) is 1.